The second-order valence-electron chi connectivity index (χ2n) is 0.714. The molecule has 0 radical (unpaired) electrons. The van der Waals surface area contributed by atoms with E-state index in [1.165, 1.54) is 0 Å². The fraction of sp³-hybridized carbons (Fsp3) is 0. The standard InChI is InChI=1S/6ClH.Na.Rh/h6*1H;;/q;;;;;;+1;+5/p-6. The van der Waals surface area contributed by atoms with Gasteiger partial charge in [-0.3, -0.25) is 0 Å². The van der Waals surface area contributed by atoms with Crippen molar-refractivity contribution < 1.29 is 36.0 Å². The average Bonchev–Trinajstić information content (AvgIpc) is 0.592. The number of rotatable bonds is 0. The maximum absolute atomic E-state index is 5.15. The SMILES string of the molecule is [Cl][Rh-]([Cl])([Cl])([Cl])([Cl])[Cl].[Na+]. The van der Waals surface area contributed by atoms with Gasteiger partial charge in [0.05, 0.1) is 0 Å². The van der Waals surface area contributed by atoms with Crippen molar-refractivity contribution in [3.05, 3.63) is 0 Å². The van der Waals surface area contributed by atoms with Gasteiger partial charge in [-0.2, -0.15) is 0 Å². The predicted molar refractivity (Wildman–Crippen MR) is 35.1 cm³/mol. The van der Waals surface area contributed by atoms with Crippen molar-refractivity contribution >= 4 is 58.1 Å². The van der Waals surface area contributed by atoms with Gasteiger partial charge in [0.2, 0.25) is 0 Å². The van der Waals surface area contributed by atoms with Crippen LogP contribution in [-0.2, 0) is 6.48 Å². The van der Waals surface area contributed by atoms with Gasteiger partial charge < -0.3 is 0 Å². The summed E-state index contributed by atoms with van der Waals surface area (Å²) in [5, 5.41) is 0. The summed E-state index contributed by atoms with van der Waals surface area (Å²) >= 11 is 0. The maximum Gasteiger partial charge on any atom is 1.00 e. The molecule has 8 heavy (non-hydrogen) atoms. The molecule has 0 amide bonds. The summed E-state index contributed by atoms with van der Waals surface area (Å²) in [7, 11) is 30.2. The van der Waals surface area contributed by atoms with Crippen molar-refractivity contribution in [1.29, 1.82) is 0 Å². The molecule has 0 aliphatic rings. The van der Waals surface area contributed by atoms with Crippen LogP contribution in [0.25, 0.3) is 0 Å². The summed E-state index contributed by atoms with van der Waals surface area (Å²) in [5.74, 6) is 0. The Balaban J connectivity index is 0. The van der Waals surface area contributed by atoms with E-state index in [1.54, 1.807) is 0 Å². The molecule has 0 aromatic heterocycles. The molecule has 0 heterocycles. The molecule has 0 aromatic carbocycles. The van der Waals surface area contributed by atoms with E-state index in [-0.39, 0.29) is 29.6 Å². The van der Waals surface area contributed by atoms with Crippen molar-refractivity contribution in [3.63, 3.8) is 0 Å². The first-order valence-electron chi connectivity index (χ1n) is 0.756. The van der Waals surface area contributed by atoms with E-state index in [0.717, 1.165) is 0 Å². The van der Waals surface area contributed by atoms with Crippen LogP contribution in [-0.4, -0.2) is 0 Å². The molecule has 0 aliphatic carbocycles. The minimum absolute atomic E-state index is 0. The molecule has 0 bridgehead atoms. The van der Waals surface area contributed by atoms with Crippen LogP contribution in [0.15, 0.2) is 0 Å². The topological polar surface area (TPSA) is 0 Å². The molecule has 0 spiro atoms. The summed E-state index contributed by atoms with van der Waals surface area (Å²) in [6.45, 7) is -5.15. The van der Waals surface area contributed by atoms with E-state index in [1.807, 2.05) is 0 Å². The molecule has 0 aliphatic heterocycles. The maximum atomic E-state index is 5.04. The largest absolute Gasteiger partial charge is 1.00 e. The summed E-state index contributed by atoms with van der Waals surface area (Å²) in [6, 6.07) is 0. The third-order valence-electron chi connectivity index (χ3n) is 0. The van der Waals surface area contributed by atoms with Gasteiger partial charge in [-0.05, 0) is 0 Å². The molecule has 0 saturated carbocycles. The number of hydrogen-bond acceptors (Lipinski definition) is 0. The second kappa shape index (κ2) is 2.69. The third kappa shape index (κ3) is 57.9. The Labute approximate surface area is 92.3 Å². The molecule has 0 nitrogen and oxygen atoms in total. The second-order valence-corrected chi connectivity index (χ2v) is 38.0. The molecular formula is Cl6NaRh. The minimum atomic E-state index is -5.15. The molecule has 8 heteroatoms. The first-order chi connectivity index (χ1) is 2.45. The zero-order valence-corrected chi connectivity index (χ0v) is 11.8. The van der Waals surface area contributed by atoms with Crippen LogP contribution < -0.4 is 29.6 Å². The van der Waals surface area contributed by atoms with E-state index in [4.69, 9.17) is 58.1 Å². The number of hydrogen-bond donors (Lipinski definition) is 0. The molecule has 0 N–H and O–H groups in total. The van der Waals surface area contributed by atoms with Gasteiger partial charge in [0.1, 0.15) is 0 Å². The van der Waals surface area contributed by atoms with Gasteiger partial charge in [-0.15, -0.1) is 0 Å². The summed E-state index contributed by atoms with van der Waals surface area (Å²) < 4.78 is 0. The van der Waals surface area contributed by atoms with E-state index in [0.29, 0.717) is 0 Å². The Hall–Kier alpha value is 3.36. The molecule has 0 rings (SSSR count). The van der Waals surface area contributed by atoms with Gasteiger partial charge in [-0.1, -0.05) is 0 Å². The van der Waals surface area contributed by atoms with Crippen LogP contribution in [0.4, 0.5) is 0 Å². The average molecular weight is 339 g/mol. The Bertz CT molecular complexity index is 67.1. The normalized spacial score (nSPS) is 20.2. The molecular weight excluding hydrogens is 339 g/mol. The first kappa shape index (κ1) is 13.9. The van der Waals surface area contributed by atoms with Crippen LogP contribution in [0.5, 0.6) is 0 Å². The Kier molecular flexibility index (Phi) is 4.69. The van der Waals surface area contributed by atoms with Crippen LogP contribution in [0.3, 0.4) is 0 Å². The van der Waals surface area contributed by atoms with Crippen LogP contribution in [0, 0.1) is 0 Å². The first-order valence-corrected chi connectivity index (χ1v) is 13.4. The molecule has 0 atom stereocenters. The monoisotopic (exact) mass is 336 g/mol. The van der Waals surface area contributed by atoms with Crippen molar-refractivity contribution in [2.45, 2.75) is 0 Å². The van der Waals surface area contributed by atoms with Crippen molar-refractivity contribution in [1.82, 2.24) is 0 Å². The predicted octanol–water partition coefficient (Wildman–Crippen LogP) is 1.14. The third-order valence-corrected chi connectivity index (χ3v) is 0. The van der Waals surface area contributed by atoms with Crippen molar-refractivity contribution in [2.75, 3.05) is 0 Å². The summed E-state index contributed by atoms with van der Waals surface area (Å²) in [6.07, 6.45) is 0. The number of halogens is 6. The zero-order chi connectivity index (χ0) is 6.41. The van der Waals surface area contributed by atoms with E-state index >= 15 is 0 Å². The van der Waals surface area contributed by atoms with Gasteiger partial charge in [0, 0.05) is 0 Å². The van der Waals surface area contributed by atoms with Crippen LogP contribution in [0.2, 0.25) is 0 Å². The van der Waals surface area contributed by atoms with Gasteiger partial charge in [0.15, 0.2) is 0 Å². The minimum Gasteiger partial charge on any atom is 1.00 e. The van der Waals surface area contributed by atoms with Gasteiger partial charge in [-0.25, -0.2) is 0 Å². The molecule has 0 fully saturated rings. The quantitative estimate of drug-likeness (QED) is 0.581. The fourth-order valence-electron chi connectivity index (χ4n) is 0. The van der Waals surface area contributed by atoms with Gasteiger partial charge >= 0.3 is 94.2 Å². The van der Waals surface area contributed by atoms with E-state index < -0.39 is 6.48 Å². The Morgan fingerprint density at radius 1 is 0.625 bits per heavy atom. The zero-order valence-electron chi connectivity index (χ0n) is 3.60. The Morgan fingerprint density at radius 2 is 0.625 bits per heavy atom. The fourth-order valence-corrected chi connectivity index (χ4v) is 0. The van der Waals surface area contributed by atoms with Crippen molar-refractivity contribution in [2.24, 2.45) is 0 Å². The van der Waals surface area contributed by atoms with Crippen LogP contribution in [0.1, 0.15) is 0 Å². The smallest absolute Gasteiger partial charge is 1.00 e. The van der Waals surface area contributed by atoms with Gasteiger partial charge in [0.25, 0.3) is 0 Å². The van der Waals surface area contributed by atoms with E-state index in [9.17, 15) is 0 Å². The molecule has 0 unspecified atom stereocenters. The Morgan fingerprint density at radius 3 is 0.625 bits per heavy atom. The van der Waals surface area contributed by atoms with Crippen LogP contribution >= 0.6 is 58.1 Å². The summed E-state index contributed by atoms with van der Waals surface area (Å²) in [5.41, 5.74) is 0. The summed E-state index contributed by atoms with van der Waals surface area (Å²) in [4.78, 5) is 0. The molecule has 0 aromatic rings. The van der Waals surface area contributed by atoms with E-state index in [2.05, 4.69) is 0 Å². The molecule has 52 valence electrons. The molecule has 0 saturated heterocycles. The van der Waals surface area contributed by atoms with Crippen molar-refractivity contribution in [3.8, 4) is 0 Å².